The highest BCUT2D eigenvalue weighted by Crippen LogP contribution is 2.34. The maximum absolute atomic E-state index is 10.8. The molecule has 0 atom stereocenters. The summed E-state index contributed by atoms with van der Waals surface area (Å²) < 4.78 is 5.24. The lowest BCUT2D eigenvalue weighted by atomic mass is 10.1. The summed E-state index contributed by atoms with van der Waals surface area (Å²) in [4.78, 5) is 15.1. The van der Waals surface area contributed by atoms with E-state index in [4.69, 9.17) is 33.0 Å². The van der Waals surface area contributed by atoms with Gasteiger partial charge in [0, 0.05) is 10.6 Å². The van der Waals surface area contributed by atoms with E-state index in [1.54, 1.807) is 30.3 Å². The Balaban J connectivity index is 2.55. The van der Waals surface area contributed by atoms with Crippen molar-refractivity contribution in [2.45, 2.75) is 6.42 Å². The van der Waals surface area contributed by atoms with Gasteiger partial charge in [0.2, 0.25) is 0 Å². The van der Waals surface area contributed by atoms with Gasteiger partial charge in [-0.2, -0.15) is 0 Å². The minimum Gasteiger partial charge on any atom is -0.494 e. The molecule has 0 radical (unpaired) electrons. The summed E-state index contributed by atoms with van der Waals surface area (Å²) >= 11 is 12.0. The van der Waals surface area contributed by atoms with Crippen molar-refractivity contribution in [3.05, 3.63) is 46.1 Å². The van der Waals surface area contributed by atoms with Crippen LogP contribution in [0.2, 0.25) is 10.0 Å². The number of pyridine rings is 1. The molecule has 0 fully saturated rings. The number of aliphatic carboxylic acids is 1. The largest absolute Gasteiger partial charge is 0.494 e. The maximum Gasteiger partial charge on any atom is 0.309 e. The first kappa shape index (κ1) is 14.6. The fraction of sp³-hybridized carbons (Fsp3) is 0.143. The number of ether oxygens (including phenoxy) is 1. The van der Waals surface area contributed by atoms with Gasteiger partial charge < -0.3 is 9.84 Å². The van der Waals surface area contributed by atoms with E-state index in [0.717, 1.165) is 0 Å². The van der Waals surface area contributed by atoms with Gasteiger partial charge in [-0.05, 0) is 30.3 Å². The van der Waals surface area contributed by atoms with Crippen molar-refractivity contribution in [2.75, 3.05) is 7.11 Å². The summed E-state index contributed by atoms with van der Waals surface area (Å²) in [5.74, 6) is -0.431. The van der Waals surface area contributed by atoms with Crippen LogP contribution in [0.15, 0.2) is 30.3 Å². The molecule has 0 unspecified atom stereocenters. The lowest BCUT2D eigenvalue weighted by Crippen LogP contribution is -2.04. The van der Waals surface area contributed by atoms with Crippen LogP contribution in [0.3, 0.4) is 0 Å². The van der Waals surface area contributed by atoms with Crippen LogP contribution < -0.4 is 4.74 Å². The number of hydrogen-bond donors (Lipinski definition) is 1. The number of carboxylic acids is 1. The van der Waals surface area contributed by atoms with Crippen LogP contribution in [0.5, 0.6) is 5.75 Å². The van der Waals surface area contributed by atoms with Crippen LogP contribution in [-0.2, 0) is 11.2 Å². The summed E-state index contributed by atoms with van der Waals surface area (Å²) in [5.41, 5.74) is 1.56. The Bertz CT molecular complexity index is 659. The first-order valence-corrected chi connectivity index (χ1v) is 6.48. The molecule has 1 aromatic carbocycles. The average Bonchev–Trinajstić information content (AvgIpc) is 2.38. The van der Waals surface area contributed by atoms with Crippen molar-refractivity contribution in [1.82, 2.24) is 4.98 Å². The first-order chi connectivity index (χ1) is 9.51. The SMILES string of the molecule is COc1ccc(CC(=O)O)nc1-c1ccc(Cl)cc1Cl. The molecule has 1 aromatic heterocycles. The number of hydrogen-bond acceptors (Lipinski definition) is 3. The highest BCUT2D eigenvalue weighted by molar-refractivity contribution is 6.36. The van der Waals surface area contributed by atoms with Gasteiger partial charge in [0.05, 0.1) is 24.2 Å². The summed E-state index contributed by atoms with van der Waals surface area (Å²) in [6, 6.07) is 8.29. The number of nitrogens with zero attached hydrogens (tertiary/aromatic N) is 1. The van der Waals surface area contributed by atoms with E-state index in [-0.39, 0.29) is 6.42 Å². The number of benzene rings is 1. The average molecular weight is 312 g/mol. The highest BCUT2D eigenvalue weighted by Gasteiger charge is 2.14. The van der Waals surface area contributed by atoms with Crippen molar-refractivity contribution < 1.29 is 14.6 Å². The fourth-order valence-corrected chi connectivity index (χ4v) is 2.28. The summed E-state index contributed by atoms with van der Waals surface area (Å²) in [6.45, 7) is 0. The van der Waals surface area contributed by atoms with E-state index in [0.29, 0.717) is 32.7 Å². The van der Waals surface area contributed by atoms with Gasteiger partial charge in [0.15, 0.2) is 0 Å². The Morgan fingerprint density at radius 3 is 2.65 bits per heavy atom. The van der Waals surface area contributed by atoms with Gasteiger partial charge in [-0.25, -0.2) is 4.98 Å². The number of rotatable bonds is 4. The summed E-state index contributed by atoms with van der Waals surface area (Å²) in [6.07, 6.45) is -0.164. The molecule has 2 rings (SSSR count). The van der Waals surface area contributed by atoms with E-state index in [1.807, 2.05) is 0 Å². The molecule has 0 aliphatic heterocycles. The van der Waals surface area contributed by atoms with E-state index in [2.05, 4.69) is 4.98 Å². The fourth-order valence-electron chi connectivity index (χ4n) is 1.78. The maximum atomic E-state index is 10.8. The molecule has 0 spiro atoms. The van der Waals surface area contributed by atoms with Crippen molar-refractivity contribution >= 4 is 29.2 Å². The van der Waals surface area contributed by atoms with Crippen LogP contribution in [0.1, 0.15) is 5.69 Å². The number of methoxy groups -OCH3 is 1. The topological polar surface area (TPSA) is 59.4 Å². The smallest absolute Gasteiger partial charge is 0.309 e. The zero-order valence-electron chi connectivity index (χ0n) is 10.6. The number of halogens is 2. The van der Waals surface area contributed by atoms with E-state index in [9.17, 15) is 4.79 Å². The molecule has 0 aliphatic rings. The van der Waals surface area contributed by atoms with Crippen LogP contribution in [-0.4, -0.2) is 23.2 Å². The molecule has 0 saturated heterocycles. The molecule has 0 aliphatic carbocycles. The molecule has 0 bridgehead atoms. The van der Waals surface area contributed by atoms with E-state index in [1.165, 1.54) is 7.11 Å². The summed E-state index contributed by atoms with van der Waals surface area (Å²) in [7, 11) is 1.52. The Hall–Kier alpha value is -1.78. The molecule has 6 heteroatoms. The van der Waals surface area contributed by atoms with Crippen molar-refractivity contribution in [2.24, 2.45) is 0 Å². The van der Waals surface area contributed by atoms with Crippen LogP contribution in [0.25, 0.3) is 11.3 Å². The van der Waals surface area contributed by atoms with Gasteiger partial charge in [0.1, 0.15) is 11.4 Å². The quantitative estimate of drug-likeness (QED) is 0.935. The third-order valence-electron chi connectivity index (χ3n) is 2.65. The zero-order chi connectivity index (χ0) is 14.7. The normalized spacial score (nSPS) is 10.3. The van der Waals surface area contributed by atoms with Crippen LogP contribution in [0, 0.1) is 0 Å². The Morgan fingerprint density at radius 2 is 2.05 bits per heavy atom. The number of carboxylic acid groups (broad SMARTS) is 1. The molecule has 1 N–H and O–H groups in total. The van der Waals surface area contributed by atoms with E-state index < -0.39 is 5.97 Å². The van der Waals surface area contributed by atoms with Gasteiger partial charge in [-0.3, -0.25) is 4.79 Å². The second-order valence-electron chi connectivity index (χ2n) is 4.05. The zero-order valence-corrected chi connectivity index (χ0v) is 12.1. The van der Waals surface area contributed by atoms with Crippen molar-refractivity contribution in [3.8, 4) is 17.0 Å². The van der Waals surface area contributed by atoms with E-state index >= 15 is 0 Å². The molecule has 20 heavy (non-hydrogen) atoms. The third kappa shape index (κ3) is 3.21. The predicted octanol–water partition coefficient (Wildman–Crippen LogP) is 3.69. The lowest BCUT2D eigenvalue weighted by Gasteiger charge is -2.11. The van der Waals surface area contributed by atoms with Crippen molar-refractivity contribution in [3.63, 3.8) is 0 Å². The van der Waals surface area contributed by atoms with Crippen molar-refractivity contribution in [1.29, 1.82) is 0 Å². The van der Waals surface area contributed by atoms with Gasteiger partial charge >= 0.3 is 5.97 Å². The highest BCUT2D eigenvalue weighted by atomic mass is 35.5. The number of aromatic nitrogens is 1. The first-order valence-electron chi connectivity index (χ1n) is 5.72. The summed E-state index contributed by atoms with van der Waals surface area (Å²) in [5, 5.41) is 9.77. The number of carbonyl (C=O) groups is 1. The van der Waals surface area contributed by atoms with Crippen LogP contribution in [0.4, 0.5) is 0 Å². The molecular formula is C14H11Cl2NO3. The standard InChI is InChI=1S/C14H11Cl2NO3/c1-20-12-5-3-9(7-13(18)19)17-14(12)10-4-2-8(15)6-11(10)16/h2-6H,7H2,1H3,(H,18,19). The monoisotopic (exact) mass is 311 g/mol. The Kier molecular flexibility index (Phi) is 4.47. The minimum atomic E-state index is -0.948. The van der Waals surface area contributed by atoms with Gasteiger partial charge in [0.25, 0.3) is 0 Å². The molecule has 2 aromatic rings. The second-order valence-corrected chi connectivity index (χ2v) is 4.89. The lowest BCUT2D eigenvalue weighted by molar-refractivity contribution is -0.136. The van der Waals surface area contributed by atoms with Gasteiger partial charge in [-0.15, -0.1) is 0 Å². The molecule has 0 amide bonds. The predicted molar refractivity (Wildman–Crippen MR) is 77.6 cm³/mol. The Labute approximate surface area is 125 Å². The molecular weight excluding hydrogens is 301 g/mol. The minimum absolute atomic E-state index is 0.164. The third-order valence-corrected chi connectivity index (χ3v) is 3.20. The molecule has 1 heterocycles. The Morgan fingerprint density at radius 1 is 1.30 bits per heavy atom. The molecule has 4 nitrogen and oxygen atoms in total. The molecule has 104 valence electrons. The second kappa shape index (κ2) is 6.11. The van der Waals surface area contributed by atoms with Crippen LogP contribution >= 0.6 is 23.2 Å². The molecule has 0 saturated carbocycles. The van der Waals surface area contributed by atoms with Gasteiger partial charge in [-0.1, -0.05) is 23.2 Å².